The van der Waals surface area contributed by atoms with Gasteiger partial charge in [0.1, 0.15) is 0 Å². The molecule has 0 atom stereocenters. The van der Waals surface area contributed by atoms with Gasteiger partial charge in [-0.1, -0.05) is 18.2 Å². The van der Waals surface area contributed by atoms with Gasteiger partial charge in [-0.05, 0) is 23.6 Å². The van der Waals surface area contributed by atoms with Crippen molar-refractivity contribution in [2.45, 2.75) is 11.4 Å². The molecule has 2 rings (SSSR count). The quantitative estimate of drug-likeness (QED) is 0.857. The van der Waals surface area contributed by atoms with Gasteiger partial charge in [-0.25, -0.2) is 17.9 Å². The molecule has 106 valence electrons. The van der Waals surface area contributed by atoms with Crippen LogP contribution in [0.4, 0.5) is 0 Å². The molecule has 1 aromatic carbocycles. The van der Waals surface area contributed by atoms with E-state index in [0.717, 1.165) is 4.88 Å². The Bertz CT molecular complexity index is 693. The molecule has 0 amide bonds. The van der Waals surface area contributed by atoms with E-state index in [0.29, 0.717) is 0 Å². The lowest BCUT2D eigenvalue weighted by Gasteiger charge is -2.09. The Morgan fingerprint density at radius 3 is 2.65 bits per heavy atom. The third-order valence-electron chi connectivity index (χ3n) is 2.60. The van der Waals surface area contributed by atoms with Crippen LogP contribution in [0.25, 0.3) is 0 Å². The number of hydrogen-bond acceptors (Lipinski definition) is 5. The number of thiophene rings is 1. The van der Waals surface area contributed by atoms with E-state index in [-0.39, 0.29) is 17.0 Å². The minimum absolute atomic E-state index is 0.0219. The van der Waals surface area contributed by atoms with Gasteiger partial charge in [-0.2, -0.15) is 0 Å². The van der Waals surface area contributed by atoms with Crippen LogP contribution in [0.1, 0.15) is 15.2 Å². The van der Waals surface area contributed by atoms with Gasteiger partial charge >= 0.3 is 5.97 Å². The maximum atomic E-state index is 12.3. The van der Waals surface area contributed by atoms with Gasteiger partial charge in [0.05, 0.1) is 17.6 Å². The molecule has 0 aliphatic carbocycles. The molecule has 1 aromatic heterocycles. The lowest BCUT2D eigenvalue weighted by Crippen LogP contribution is -2.25. The Labute approximate surface area is 121 Å². The highest BCUT2D eigenvalue weighted by molar-refractivity contribution is 7.89. The number of methoxy groups -OCH3 is 1. The standard InChI is InChI=1S/C13H13NO4S2/c1-18-13(15)11-6-2-3-7-12(11)20(16,17)14-9-10-5-4-8-19-10/h2-8,14H,9H2,1H3. The molecule has 20 heavy (non-hydrogen) atoms. The van der Waals surface area contributed by atoms with Gasteiger partial charge in [0.25, 0.3) is 0 Å². The highest BCUT2D eigenvalue weighted by atomic mass is 32.2. The minimum Gasteiger partial charge on any atom is -0.465 e. The van der Waals surface area contributed by atoms with Gasteiger partial charge in [0.15, 0.2) is 0 Å². The van der Waals surface area contributed by atoms with Crippen molar-refractivity contribution in [2.75, 3.05) is 7.11 Å². The summed E-state index contributed by atoms with van der Waals surface area (Å²) in [5.41, 5.74) is 0.0219. The molecule has 1 heterocycles. The normalized spacial score (nSPS) is 11.2. The van der Waals surface area contributed by atoms with E-state index in [1.165, 1.54) is 30.6 Å². The SMILES string of the molecule is COC(=O)c1ccccc1S(=O)(=O)NCc1cccs1. The monoisotopic (exact) mass is 311 g/mol. The summed E-state index contributed by atoms with van der Waals surface area (Å²) < 4.78 is 31.6. The maximum Gasteiger partial charge on any atom is 0.339 e. The second-order valence-electron chi connectivity index (χ2n) is 3.89. The second kappa shape index (κ2) is 6.17. The number of carbonyl (C=O) groups excluding carboxylic acids is 1. The summed E-state index contributed by atoms with van der Waals surface area (Å²) in [6.45, 7) is 0.190. The molecule has 0 aliphatic rings. The van der Waals surface area contributed by atoms with Crippen molar-refractivity contribution < 1.29 is 17.9 Å². The molecule has 0 bridgehead atoms. The Morgan fingerprint density at radius 2 is 2.00 bits per heavy atom. The summed E-state index contributed by atoms with van der Waals surface area (Å²) in [5.74, 6) is -0.679. The molecule has 5 nitrogen and oxygen atoms in total. The van der Waals surface area contributed by atoms with Crippen molar-refractivity contribution in [1.82, 2.24) is 4.72 Å². The van der Waals surface area contributed by atoms with Gasteiger partial charge in [0, 0.05) is 11.4 Å². The number of hydrogen-bond donors (Lipinski definition) is 1. The first-order valence-corrected chi connectivity index (χ1v) is 8.10. The van der Waals surface area contributed by atoms with Crippen LogP contribution in [0.15, 0.2) is 46.7 Å². The number of nitrogens with one attached hydrogen (secondary N) is 1. The van der Waals surface area contributed by atoms with Crippen LogP contribution in [-0.4, -0.2) is 21.5 Å². The highest BCUT2D eigenvalue weighted by Crippen LogP contribution is 2.17. The predicted octanol–water partition coefficient (Wildman–Crippen LogP) is 2.01. The van der Waals surface area contributed by atoms with Gasteiger partial charge in [0.2, 0.25) is 10.0 Å². The number of sulfonamides is 1. The second-order valence-corrected chi connectivity index (χ2v) is 6.66. The van der Waals surface area contributed by atoms with Crippen LogP contribution in [-0.2, 0) is 21.3 Å². The summed E-state index contributed by atoms with van der Waals surface area (Å²) in [7, 11) is -2.55. The fourth-order valence-corrected chi connectivity index (χ4v) is 3.57. The fraction of sp³-hybridized carbons (Fsp3) is 0.154. The van der Waals surface area contributed by atoms with Crippen molar-refractivity contribution in [1.29, 1.82) is 0 Å². The van der Waals surface area contributed by atoms with Crippen LogP contribution in [0.2, 0.25) is 0 Å². The van der Waals surface area contributed by atoms with Crippen molar-refractivity contribution in [3.63, 3.8) is 0 Å². The molecule has 0 unspecified atom stereocenters. The molecule has 0 saturated carbocycles. The summed E-state index contributed by atoms with van der Waals surface area (Å²) >= 11 is 1.46. The lowest BCUT2D eigenvalue weighted by molar-refractivity contribution is 0.0596. The predicted molar refractivity (Wildman–Crippen MR) is 76.1 cm³/mol. The molecule has 0 fully saturated rings. The van der Waals surface area contributed by atoms with E-state index >= 15 is 0 Å². The first kappa shape index (κ1) is 14.7. The van der Waals surface area contributed by atoms with E-state index < -0.39 is 16.0 Å². The first-order chi connectivity index (χ1) is 9.54. The average Bonchev–Trinajstić information content (AvgIpc) is 2.98. The number of esters is 1. The lowest BCUT2D eigenvalue weighted by atomic mass is 10.2. The maximum absolute atomic E-state index is 12.3. The zero-order chi connectivity index (χ0) is 14.6. The summed E-state index contributed by atoms with van der Waals surface area (Å²) in [5, 5.41) is 1.87. The third-order valence-corrected chi connectivity index (χ3v) is 4.93. The van der Waals surface area contributed by atoms with E-state index in [1.54, 1.807) is 12.1 Å². The largest absolute Gasteiger partial charge is 0.465 e. The zero-order valence-electron chi connectivity index (χ0n) is 10.7. The molecule has 0 saturated heterocycles. The van der Waals surface area contributed by atoms with Crippen molar-refractivity contribution >= 4 is 27.3 Å². The Balaban J connectivity index is 2.27. The average molecular weight is 311 g/mol. The third kappa shape index (κ3) is 3.24. The smallest absolute Gasteiger partial charge is 0.339 e. The van der Waals surface area contributed by atoms with Crippen LogP contribution in [0.3, 0.4) is 0 Å². The molecular weight excluding hydrogens is 298 g/mol. The van der Waals surface area contributed by atoms with Crippen molar-refractivity contribution in [3.05, 3.63) is 52.2 Å². The molecule has 7 heteroatoms. The zero-order valence-corrected chi connectivity index (χ0v) is 12.3. The molecule has 2 aromatic rings. The van der Waals surface area contributed by atoms with Crippen LogP contribution >= 0.6 is 11.3 Å². The molecule has 0 radical (unpaired) electrons. The van der Waals surface area contributed by atoms with Gasteiger partial charge in [-0.3, -0.25) is 0 Å². The molecule has 0 spiro atoms. The number of benzene rings is 1. The fourth-order valence-electron chi connectivity index (χ4n) is 1.64. The molecular formula is C13H13NO4S2. The summed E-state index contributed by atoms with van der Waals surface area (Å²) in [4.78, 5) is 12.4. The summed E-state index contributed by atoms with van der Waals surface area (Å²) in [6.07, 6.45) is 0. The van der Waals surface area contributed by atoms with E-state index in [1.807, 2.05) is 17.5 Å². The Morgan fingerprint density at radius 1 is 1.25 bits per heavy atom. The number of ether oxygens (including phenoxy) is 1. The minimum atomic E-state index is -3.77. The first-order valence-electron chi connectivity index (χ1n) is 5.74. The van der Waals surface area contributed by atoms with Gasteiger partial charge < -0.3 is 4.74 Å². The number of rotatable bonds is 5. The molecule has 1 N–H and O–H groups in total. The Kier molecular flexibility index (Phi) is 4.53. The highest BCUT2D eigenvalue weighted by Gasteiger charge is 2.22. The van der Waals surface area contributed by atoms with Crippen LogP contribution < -0.4 is 4.72 Å². The number of carbonyl (C=O) groups is 1. The van der Waals surface area contributed by atoms with Crippen molar-refractivity contribution in [2.24, 2.45) is 0 Å². The molecule has 0 aliphatic heterocycles. The topological polar surface area (TPSA) is 72.5 Å². The van der Waals surface area contributed by atoms with Gasteiger partial charge in [-0.15, -0.1) is 11.3 Å². The summed E-state index contributed by atoms with van der Waals surface area (Å²) in [6, 6.07) is 9.63. The van der Waals surface area contributed by atoms with Crippen molar-refractivity contribution in [3.8, 4) is 0 Å². The van der Waals surface area contributed by atoms with E-state index in [2.05, 4.69) is 9.46 Å². The van der Waals surface area contributed by atoms with E-state index in [9.17, 15) is 13.2 Å². The van der Waals surface area contributed by atoms with Crippen LogP contribution in [0.5, 0.6) is 0 Å². The van der Waals surface area contributed by atoms with E-state index in [4.69, 9.17) is 0 Å². The Hall–Kier alpha value is -1.70. The van der Waals surface area contributed by atoms with Crippen LogP contribution in [0, 0.1) is 0 Å².